The van der Waals surface area contributed by atoms with Crippen LogP contribution in [0.5, 0.6) is 0 Å². The van der Waals surface area contributed by atoms with Crippen molar-refractivity contribution in [3.8, 4) is 0 Å². The van der Waals surface area contributed by atoms with Crippen LogP contribution < -0.4 is 16.8 Å². The Balaban J connectivity index is 2.19. The molecule has 0 bridgehead atoms. The molecule has 0 saturated carbocycles. The molecule has 4 nitrogen and oxygen atoms in total. The zero-order valence-electron chi connectivity index (χ0n) is 10.8. The monoisotopic (exact) mass is 249 g/mol. The Morgan fingerprint density at radius 2 is 1.94 bits per heavy atom. The fourth-order valence-electron chi connectivity index (χ4n) is 1.71. The van der Waals surface area contributed by atoms with Crippen molar-refractivity contribution >= 4 is 5.91 Å². The number of carbonyl (C=O) groups excluding carboxylic acids is 1. The SMILES string of the molecule is NCCCCNC(=O)C(N)CCc1ccccc1. The fourth-order valence-corrected chi connectivity index (χ4v) is 1.71. The number of amides is 1. The first-order valence-corrected chi connectivity index (χ1v) is 6.51. The molecule has 0 fully saturated rings. The molecule has 0 aliphatic heterocycles. The predicted molar refractivity (Wildman–Crippen MR) is 74.0 cm³/mol. The molecule has 0 radical (unpaired) electrons. The van der Waals surface area contributed by atoms with Crippen LogP contribution in [0.4, 0.5) is 0 Å². The molecule has 0 spiro atoms. The van der Waals surface area contributed by atoms with Crippen molar-refractivity contribution in [3.63, 3.8) is 0 Å². The van der Waals surface area contributed by atoms with Gasteiger partial charge in [-0.05, 0) is 37.8 Å². The van der Waals surface area contributed by atoms with Gasteiger partial charge in [0, 0.05) is 6.54 Å². The third-order valence-electron chi connectivity index (χ3n) is 2.85. The van der Waals surface area contributed by atoms with Gasteiger partial charge in [-0.3, -0.25) is 4.79 Å². The Bertz CT molecular complexity index is 340. The Morgan fingerprint density at radius 3 is 2.61 bits per heavy atom. The number of hydrogen-bond donors (Lipinski definition) is 3. The number of nitrogens with two attached hydrogens (primary N) is 2. The number of unbranched alkanes of at least 4 members (excludes halogenated alkanes) is 1. The molecule has 4 heteroatoms. The lowest BCUT2D eigenvalue weighted by Crippen LogP contribution is -2.41. The van der Waals surface area contributed by atoms with Crippen LogP contribution in [0.15, 0.2) is 30.3 Å². The van der Waals surface area contributed by atoms with E-state index >= 15 is 0 Å². The summed E-state index contributed by atoms with van der Waals surface area (Å²) in [5.41, 5.74) is 12.4. The Labute approximate surface area is 109 Å². The van der Waals surface area contributed by atoms with Crippen molar-refractivity contribution in [1.29, 1.82) is 0 Å². The molecule has 100 valence electrons. The quantitative estimate of drug-likeness (QED) is 0.596. The fraction of sp³-hybridized carbons (Fsp3) is 0.500. The van der Waals surface area contributed by atoms with Gasteiger partial charge in [0.15, 0.2) is 0 Å². The summed E-state index contributed by atoms with van der Waals surface area (Å²) < 4.78 is 0. The Morgan fingerprint density at radius 1 is 1.22 bits per heavy atom. The van der Waals surface area contributed by atoms with Crippen LogP contribution in [0.25, 0.3) is 0 Å². The third-order valence-corrected chi connectivity index (χ3v) is 2.85. The van der Waals surface area contributed by atoms with Crippen LogP contribution in [0, 0.1) is 0 Å². The lowest BCUT2D eigenvalue weighted by atomic mass is 10.1. The molecule has 0 heterocycles. The lowest BCUT2D eigenvalue weighted by molar-refractivity contribution is -0.122. The molecule has 0 aliphatic rings. The molecule has 0 aliphatic carbocycles. The Hall–Kier alpha value is -1.39. The van der Waals surface area contributed by atoms with E-state index in [1.54, 1.807) is 0 Å². The average molecular weight is 249 g/mol. The number of benzene rings is 1. The van der Waals surface area contributed by atoms with Crippen molar-refractivity contribution in [1.82, 2.24) is 5.32 Å². The van der Waals surface area contributed by atoms with Gasteiger partial charge in [-0.2, -0.15) is 0 Å². The molecule has 5 N–H and O–H groups in total. The smallest absolute Gasteiger partial charge is 0.236 e. The number of nitrogens with one attached hydrogen (secondary N) is 1. The van der Waals surface area contributed by atoms with Crippen LogP contribution in [0.1, 0.15) is 24.8 Å². The van der Waals surface area contributed by atoms with Crippen LogP contribution in [0.3, 0.4) is 0 Å². The molecule has 18 heavy (non-hydrogen) atoms. The zero-order valence-corrected chi connectivity index (χ0v) is 10.8. The van der Waals surface area contributed by atoms with Crippen molar-refractivity contribution in [2.45, 2.75) is 31.7 Å². The highest BCUT2D eigenvalue weighted by molar-refractivity contribution is 5.81. The summed E-state index contributed by atoms with van der Waals surface area (Å²) in [5, 5.41) is 2.83. The number of carbonyl (C=O) groups is 1. The van der Waals surface area contributed by atoms with Crippen molar-refractivity contribution in [2.75, 3.05) is 13.1 Å². The van der Waals surface area contributed by atoms with Crippen LogP contribution in [-0.2, 0) is 11.2 Å². The average Bonchev–Trinajstić information content (AvgIpc) is 2.42. The van der Waals surface area contributed by atoms with E-state index in [2.05, 4.69) is 5.32 Å². The zero-order chi connectivity index (χ0) is 13.2. The molecule has 0 aromatic heterocycles. The number of rotatable bonds is 8. The van der Waals surface area contributed by atoms with Crippen LogP contribution in [0.2, 0.25) is 0 Å². The van der Waals surface area contributed by atoms with Crippen molar-refractivity contribution in [3.05, 3.63) is 35.9 Å². The van der Waals surface area contributed by atoms with E-state index in [1.807, 2.05) is 30.3 Å². The van der Waals surface area contributed by atoms with Crippen molar-refractivity contribution in [2.24, 2.45) is 11.5 Å². The largest absolute Gasteiger partial charge is 0.355 e. The van der Waals surface area contributed by atoms with E-state index in [0.29, 0.717) is 19.5 Å². The maximum Gasteiger partial charge on any atom is 0.236 e. The second-order valence-corrected chi connectivity index (χ2v) is 4.42. The summed E-state index contributed by atoms with van der Waals surface area (Å²) in [6, 6.07) is 9.63. The number of hydrogen-bond acceptors (Lipinski definition) is 3. The second kappa shape index (κ2) is 8.66. The molecule has 1 aromatic rings. The van der Waals surface area contributed by atoms with E-state index in [1.165, 1.54) is 5.56 Å². The van der Waals surface area contributed by atoms with Gasteiger partial charge in [-0.15, -0.1) is 0 Å². The first-order valence-electron chi connectivity index (χ1n) is 6.51. The van der Waals surface area contributed by atoms with E-state index in [-0.39, 0.29) is 5.91 Å². The van der Waals surface area contributed by atoms with Gasteiger partial charge in [0.25, 0.3) is 0 Å². The standard InChI is InChI=1S/C14H23N3O/c15-10-4-5-11-17-14(18)13(16)9-8-12-6-2-1-3-7-12/h1-3,6-7,13H,4-5,8-11,15-16H2,(H,17,18). The van der Waals surface area contributed by atoms with Gasteiger partial charge >= 0.3 is 0 Å². The molecule has 1 atom stereocenters. The molecule has 1 aromatic carbocycles. The lowest BCUT2D eigenvalue weighted by Gasteiger charge is -2.12. The predicted octanol–water partition coefficient (Wildman–Crippen LogP) is 0.802. The van der Waals surface area contributed by atoms with Crippen molar-refractivity contribution < 1.29 is 4.79 Å². The normalized spacial score (nSPS) is 12.1. The third kappa shape index (κ3) is 5.80. The maximum absolute atomic E-state index is 11.7. The maximum atomic E-state index is 11.7. The molecule has 1 amide bonds. The van der Waals surface area contributed by atoms with Crippen LogP contribution >= 0.6 is 0 Å². The summed E-state index contributed by atoms with van der Waals surface area (Å²) in [6.07, 6.45) is 3.35. The van der Waals surface area contributed by atoms with Gasteiger partial charge in [-0.25, -0.2) is 0 Å². The summed E-state index contributed by atoms with van der Waals surface area (Å²) in [6.45, 7) is 1.32. The van der Waals surface area contributed by atoms with Gasteiger partial charge < -0.3 is 16.8 Å². The van der Waals surface area contributed by atoms with Crippen LogP contribution in [-0.4, -0.2) is 25.0 Å². The topological polar surface area (TPSA) is 81.1 Å². The van der Waals surface area contributed by atoms with Gasteiger partial charge in [0.2, 0.25) is 5.91 Å². The molecule has 1 unspecified atom stereocenters. The molecular weight excluding hydrogens is 226 g/mol. The summed E-state index contributed by atoms with van der Waals surface area (Å²) in [7, 11) is 0. The minimum absolute atomic E-state index is 0.0667. The highest BCUT2D eigenvalue weighted by Crippen LogP contribution is 2.04. The van der Waals surface area contributed by atoms with E-state index in [9.17, 15) is 4.79 Å². The molecular formula is C14H23N3O. The van der Waals surface area contributed by atoms with Gasteiger partial charge in [0.1, 0.15) is 0 Å². The minimum atomic E-state index is -0.428. The highest BCUT2D eigenvalue weighted by Gasteiger charge is 2.12. The molecule has 0 saturated heterocycles. The van der Waals surface area contributed by atoms with E-state index < -0.39 is 6.04 Å². The Kier molecular flexibility index (Phi) is 7.06. The van der Waals surface area contributed by atoms with E-state index in [0.717, 1.165) is 19.3 Å². The highest BCUT2D eigenvalue weighted by atomic mass is 16.2. The summed E-state index contributed by atoms with van der Waals surface area (Å²) in [4.78, 5) is 11.7. The second-order valence-electron chi connectivity index (χ2n) is 4.42. The summed E-state index contributed by atoms with van der Waals surface area (Å²) in [5.74, 6) is -0.0667. The summed E-state index contributed by atoms with van der Waals surface area (Å²) >= 11 is 0. The van der Waals surface area contributed by atoms with Gasteiger partial charge in [-0.1, -0.05) is 30.3 Å². The van der Waals surface area contributed by atoms with E-state index in [4.69, 9.17) is 11.5 Å². The molecule has 1 rings (SSSR count). The first kappa shape index (κ1) is 14.7. The first-order chi connectivity index (χ1) is 8.74. The number of aryl methyl sites for hydroxylation is 1. The minimum Gasteiger partial charge on any atom is -0.355 e. The van der Waals surface area contributed by atoms with Gasteiger partial charge in [0.05, 0.1) is 6.04 Å².